The molecule has 6 heteroatoms. The van der Waals surface area contributed by atoms with Gasteiger partial charge in [0.15, 0.2) is 0 Å². The third-order valence-corrected chi connectivity index (χ3v) is 5.09. The Kier molecular flexibility index (Phi) is 5.08. The fourth-order valence-corrected chi connectivity index (χ4v) is 3.16. The smallest absolute Gasteiger partial charge is 0.335 e. The molecule has 0 radical (unpaired) electrons. The standard InChI is InChI=1S/C13H19NO4S/c1-4-5-10(2)14(3)19(17,18)12-8-6-11(7-9-12)13(15)16/h6-10H,4-5H2,1-3H3,(H,15,16). The zero-order chi connectivity index (χ0) is 14.6. The number of aromatic carboxylic acids is 1. The summed E-state index contributed by atoms with van der Waals surface area (Å²) in [6.07, 6.45) is 1.68. The average molecular weight is 285 g/mol. The molecule has 0 saturated carbocycles. The molecular formula is C13H19NO4S. The lowest BCUT2D eigenvalue weighted by molar-refractivity contribution is 0.0696. The zero-order valence-electron chi connectivity index (χ0n) is 11.3. The summed E-state index contributed by atoms with van der Waals surface area (Å²) in [4.78, 5) is 10.8. The van der Waals surface area contributed by atoms with Crippen LogP contribution in [-0.2, 0) is 10.0 Å². The summed E-state index contributed by atoms with van der Waals surface area (Å²) in [6.45, 7) is 3.85. The van der Waals surface area contributed by atoms with Gasteiger partial charge < -0.3 is 5.11 Å². The molecular weight excluding hydrogens is 266 g/mol. The topological polar surface area (TPSA) is 74.7 Å². The van der Waals surface area contributed by atoms with Gasteiger partial charge >= 0.3 is 5.97 Å². The molecule has 1 aromatic rings. The van der Waals surface area contributed by atoms with Crippen LogP contribution in [0.5, 0.6) is 0 Å². The van der Waals surface area contributed by atoms with Gasteiger partial charge in [-0.1, -0.05) is 13.3 Å². The van der Waals surface area contributed by atoms with Crippen molar-refractivity contribution in [1.29, 1.82) is 0 Å². The van der Waals surface area contributed by atoms with Crippen LogP contribution in [0.4, 0.5) is 0 Å². The number of nitrogens with zero attached hydrogens (tertiary/aromatic N) is 1. The number of rotatable bonds is 6. The van der Waals surface area contributed by atoms with E-state index >= 15 is 0 Å². The Labute approximate surface area is 113 Å². The fourth-order valence-electron chi connectivity index (χ4n) is 1.77. The van der Waals surface area contributed by atoms with Crippen LogP contribution < -0.4 is 0 Å². The van der Waals surface area contributed by atoms with Gasteiger partial charge in [0.05, 0.1) is 10.5 Å². The molecule has 0 aliphatic carbocycles. The molecule has 0 heterocycles. The minimum absolute atomic E-state index is 0.0724. The van der Waals surface area contributed by atoms with Gasteiger partial charge in [-0.2, -0.15) is 4.31 Å². The molecule has 106 valence electrons. The van der Waals surface area contributed by atoms with Crippen molar-refractivity contribution in [1.82, 2.24) is 4.31 Å². The zero-order valence-corrected chi connectivity index (χ0v) is 12.1. The van der Waals surface area contributed by atoms with Crippen molar-refractivity contribution < 1.29 is 18.3 Å². The Morgan fingerprint density at radius 3 is 2.26 bits per heavy atom. The summed E-state index contributed by atoms with van der Waals surface area (Å²) in [5.41, 5.74) is 0.0724. The molecule has 0 aliphatic rings. The molecule has 1 rings (SSSR count). The van der Waals surface area contributed by atoms with Crippen LogP contribution >= 0.6 is 0 Å². The molecule has 0 amide bonds. The van der Waals surface area contributed by atoms with E-state index in [1.54, 1.807) is 7.05 Å². The molecule has 0 saturated heterocycles. The second-order valence-corrected chi connectivity index (χ2v) is 6.49. The lowest BCUT2D eigenvalue weighted by atomic mass is 10.2. The third-order valence-electron chi connectivity index (χ3n) is 3.11. The maximum atomic E-state index is 12.3. The Hall–Kier alpha value is -1.40. The predicted molar refractivity (Wildman–Crippen MR) is 72.7 cm³/mol. The van der Waals surface area contributed by atoms with Crippen LogP contribution in [0.15, 0.2) is 29.2 Å². The van der Waals surface area contributed by atoms with Crippen LogP contribution in [0, 0.1) is 0 Å². The highest BCUT2D eigenvalue weighted by Gasteiger charge is 2.24. The van der Waals surface area contributed by atoms with E-state index in [-0.39, 0.29) is 16.5 Å². The van der Waals surface area contributed by atoms with Gasteiger partial charge in [-0.25, -0.2) is 13.2 Å². The van der Waals surface area contributed by atoms with Crippen molar-refractivity contribution in [3.8, 4) is 0 Å². The fraction of sp³-hybridized carbons (Fsp3) is 0.462. The first-order chi connectivity index (χ1) is 8.80. The highest BCUT2D eigenvalue weighted by Crippen LogP contribution is 2.19. The average Bonchev–Trinajstić information content (AvgIpc) is 2.38. The monoisotopic (exact) mass is 285 g/mol. The van der Waals surface area contributed by atoms with Crippen molar-refractivity contribution in [3.63, 3.8) is 0 Å². The highest BCUT2D eigenvalue weighted by molar-refractivity contribution is 7.89. The maximum Gasteiger partial charge on any atom is 0.335 e. The van der Waals surface area contributed by atoms with Gasteiger partial charge in [-0.05, 0) is 37.6 Å². The first-order valence-corrected chi connectivity index (χ1v) is 7.56. The summed E-state index contributed by atoms with van der Waals surface area (Å²) >= 11 is 0. The van der Waals surface area contributed by atoms with Crippen LogP contribution in [0.2, 0.25) is 0 Å². The van der Waals surface area contributed by atoms with Crippen molar-refractivity contribution >= 4 is 16.0 Å². The summed E-state index contributed by atoms with van der Waals surface area (Å²) in [5.74, 6) is -1.07. The number of carboxylic acid groups (broad SMARTS) is 1. The number of hydrogen-bond acceptors (Lipinski definition) is 3. The van der Waals surface area contributed by atoms with Crippen molar-refractivity contribution in [3.05, 3.63) is 29.8 Å². The Bertz CT molecular complexity index is 536. The summed E-state index contributed by atoms with van der Waals surface area (Å²) < 4.78 is 25.9. The van der Waals surface area contributed by atoms with E-state index in [2.05, 4.69) is 0 Å². The quantitative estimate of drug-likeness (QED) is 0.869. The van der Waals surface area contributed by atoms with Crippen LogP contribution in [-0.4, -0.2) is 36.9 Å². The summed E-state index contributed by atoms with van der Waals surface area (Å²) in [7, 11) is -2.02. The molecule has 0 bridgehead atoms. The number of hydrogen-bond donors (Lipinski definition) is 1. The molecule has 0 aliphatic heterocycles. The molecule has 1 atom stereocenters. The molecule has 0 aromatic heterocycles. The van der Waals surface area contributed by atoms with E-state index in [1.807, 2.05) is 13.8 Å². The van der Waals surface area contributed by atoms with Gasteiger partial charge in [-0.15, -0.1) is 0 Å². The van der Waals surface area contributed by atoms with Gasteiger partial charge in [0.1, 0.15) is 0 Å². The second-order valence-electron chi connectivity index (χ2n) is 4.49. The predicted octanol–water partition coefficient (Wildman–Crippen LogP) is 2.19. The van der Waals surface area contributed by atoms with E-state index in [4.69, 9.17) is 5.11 Å². The number of sulfonamides is 1. The first kappa shape index (κ1) is 15.7. The molecule has 1 unspecified atom stereocenters. The van der Waals surface area contributed by atoms with E-state index in [0.717, 1.165) is 12.8 Å². The molecule has 1 aromatic carbocycles. The molecule has 5 nitrogen and oxygen atoms in total. The molecule has 0 fully saturated rings. The summed E-state index contributed by atoms with van der Waals surface area (Å²) in [5, 5.41) is 8.79. The van der Waals surface area contributed by atoms with E-state index < -0.39 is 16.0 Å². The largest absolute Gasteiger partial charge is 0.478 e. The minimum Gasteiger partial charge on any atom is -0.478 e. The van der Waals surface area contributed by atoms with E-state index in [9.17, 15) is 13.2 Å². The normalized spacial score (nSPS) is 13.5. The number of benzene rings is 1. The lowest BCUT2D eigenvalue weighted by Gasteiger charge is -2.24. The molecule has 1 N–H and O–H groups in total. The Morgan fingerprint density at radius 1 is 1.32 bits per heavy atom. The van der Waals surface area contributed by atoms with Crippen molar-refractivity contribution in [2.75, 3.05) is 7.05 Å². The Morgan fingerprint density at radius 2 is 1.84 bits per heavy atom. The lowest BCUT2D eigenvalue weighted by Crippen LogP contribution is -2.34. The maximum absolute atomic E-state index is 12.3. The Balaban J connectivity index is 3.03. The third kappa shape index (κ3) is 3.54. The van der Waals surface area contributed by atoms with Crippen LogP contribution in [0.1, 0.15) is 37.0 Å². The van der Waals surface area contributed by atoms with Crippen molar-refractivity contribution in [2.24, 2.45) is 0 Å². The minimum atomic E-state index is -3.56. The summed E-state index contributed by atoms with van der Waals surface area (Å²) in [6, 6.07) is 5.16. The van der Waals surface area contributed by atoms with Gasteiger partial charge in [0, 0.05) is 13.1 Å². The molecule has 19 heavy (non-hydrogen) atoms. The number of carbonyl (C=O) groups is 1. The van der Waals surface area contributed by atoms with E-state index in [1.165, 1.54) is 28.6 Å². The second kappa shape index (κ2) is 6.16. The SMILES string of the molecule is CCCC(C)N(C)S(=O)(=O)c1ccc(C(=O)O)cc1. The van der Waals surface area contributed by atoms with E-state index in [0.29, 0.717) is 0 Å². The van der Waals surface area contributed by atoms with Crippen LogP contribution in [0.3, 0.4) is 0 Å². The van der Waals surface area contributed by atoms with Crippen LogP contribution in [0.25, 0.3) is 0 Å². The van der Waals surface area contributed by atoms with Gasteiger partial charge in [-0.3, -0.25) is 0 Å². The molecule has 0 spiro atoms. The van der Waals surface area contributed by atoms with Gasteiger partial charge in [0.25, 0.3) is 0 Å². The van der Waals surface area contributed by atoms with Gasteiger partial charge in [0.2, 0.25) is 10.0 Å². The highest BCUT2D eigenvalue weighted by atomic mass is 32.2. The van der Waals surface area contributed by atoms with Crippen molar-refractivity contribution in [2.45, 2.75) is 37.6 Å². The number of carboxylic acids is 1. The first-order valence-electron chi connectivity index (χ1n) is 6.12.